The van der Waals surface area contributed by atoms with Gasteiger partial charge in [0, 0.05) is 0 Å². The second kappa shape index (κ2) is 6.62. The summed E-state index contributed by atoms with van der Waals surface area (Å²) in [5.74, 6) is -0.0451. The average molecular weight is 217 g/mol. The standard InChI is InChI=1S/C13H15NO2/c1-2-3-6-9-16-13-8-5-4-7-11(13)12(15)10-14/h4-5,7-8H,2-3,6,9H2,1H3. The molecule has 0 aromatic heterocycles. The van der Waals surface area contributed by atoms with E-state index in [0.717, 1.165) is 19.3 Å². The molecule has 0 aliphatic heterocycles. The molecule has 1 aromatic rings. The first-order valence-electron chi connectivity index (χ1n) is 5.45. The number of carbonyl (C=O) groups is 1. The van der Waals surface area contributed by atoms with E-state index in [-0.39, 0.29) is 0 Å². The van der Waals surface area contributed by atoms with Crippen LogP contribution in [0.2, 0.25) is 0 Å². The summed E-state index contributed by atoms with van der Waals surface area (Å²) in [6.07, 6.45) is 3.20. The molecule has 1 rings (SSSR count). The van der Waals surface area contributed by atoms with Gasteiger partial charge in [-0.2, -0.15) is 5.26 Å². The largest absolute Gasteiger partial charge is 0.493 e. The number of nitriles is 1. The second-order valence-electron chi connectivity index (χ2n) is 3.49. The molecule has 0 spiro atoms. The van der Waals surface area contributed by atoms with Gasteiger partial charge in [-0.05, 0) is 18.6 Å². The highest BCUT2D eigenvalue weighted by atomic mass is 16.5. The molecular weight excluding hydrogens is 202 g/mol. The van der Waals surface area contributed by atoms with Crippen molar-refractivity contribution >= 4 is 5.78 Å². The number of hydrogen-bond donors (Lipinski definition) is 0. The summed E-state index contributed by atoms with van der Waals surface area (Å²) in [5, 5.41) is 8.57. The molecule has 0 fully saturated rings. The Kier molecular flexibility index (Phi) is 5.07. The maximum atomic E-state index is 11.3. The Labute approximate surface area is 95.7 Å². The Balaban J connectivity index is 2.65. The van der Waals surface area contributed by atoms with Crippen molar-refractivity contribution < 1.29 is 9.53 Å². The predicted molar refractivity (Wildman–Crippen MR) is 61.4 cm³/mol. The predicted octanol–water partition coefficient (Wildman–Crippen LogP) is 2.96. The average Bonchev–Trinajstić information content (AvgIpc) is 2.34. The summed E-state index contributed by atoms with van der Waals surface area (Å²) in [7, 11) is 0. The van der Waals surface area contributed by atoms with Gasteiger partial charge in [0.05, 0.1) is 12.2 Å². The Morgan fingerprint density at radius 3 is 2.81 bits per heavy atom. The van der Waals surface area contributed by atoms with Gasteiger partial charge in [0.2, 0.25) is 0 Å². The monoisotopic (exact) mass is 217 g/mol. The van der Waals surface area contributed by atoms with Gasteiger partial charge in [-0.1, -0.05) is 31.9 Å². The molecule has 0 saturated heterocycles. The fourth-order valence-electron chi connectivity index (χ4n) is 1.37. The van der Waals surface area contributed by atoms with Gasteiger partial charge < -0.3 is 4.74 Å². The Hall–Kier alpha value is -1.82. The van der Waals surface area contributed by atoms with Gasteiger partial charge in [0.1, 0.15) is 11.8 Å². The molecule has 84 valence electrons. The van der Waals surface area contributed by atoms with Gasteiger partial charge in [0.15, 0.2) is 0 Å². The van der Waals surface area contributed by atoms with Gasteiger partial charge in [0.25, 0.3) is 5.78 Å². The highest BCUT2D eigenvalue weighted by Gasteiger charge is 2.10. The summed E-state index contributed by atoms with van der Waals surface area (Å²) in [6.45, 7) is 2.71. The number of nitrogens with zero attached hydrogens (tertiary/aromatic N) is 1. The minimum absolute atomic E-state index is 0.349. The minimum Gasteiger partial charge on any atom is -0.493 e. The highest BCUT2D eigenvalue weighted by Crippen LogP contribution is 2.18. The van der Waals surface area contributed by atoms with E-state index in [1.54, 1.807) is 30.3 Å². The third kappa shape index (κ3) is 3.39. The summed E-state index contributed by atoms with van der Waals surface area (Å²) in [5.41, 5.74) is 0.349. The molecule has 1 aromatic carbocycles. The van der Waals surface area contributed by atoms with E-state index in [9.17, 15) is 4.79 Å². The van der Waals surface area contributed by atoms with Crippen LogP contribution in [0.4, 0.5) is 0 Å². The van der Waals surface area contributed by atoms with E-state index < -0.39 is 5.78 Å². The van der Waals surface area contributed by atoms with Crippen molar-refractivity contribution in [3.63, 3.8) is 0 Å². The first-order chi connectivity index (χ1) is 7.79. The van der Waals surface area contributed by atoms with Gasteiger partial charge in [-0.15, -0.1) is 0 Å². The molecule has 0 N–H and O–H groups in total. The molecule has 0 atom stereocenters. The molecule has 0 bridgehead atoms. The third-order valence-electron chi connectivity index (χ3n) is 2.24. The number of para-hydroxylation sites is 1. The molecule has 0 radical (unpaired) electrons. The first-order valence-corrected chi connectivity index (χ1v) is 5.45. The van der Waals surface area contributed by atoms with E-state index in [0.29, 0.717) is 17.9 Å². The van der Waals surface area contributed by atoms with Crippen LogP contribution in [0.1, 0.15) is 36.5 Å². The van der Waals surface area contributed by atoms with E-state index in [1.807, 2.05) is 0 Å². The molecule has 0 heterocycles. The van der Waals surface area contributed by atoms with E-state index in [1.165, 1.54) is 0 Å². The van der Waals surface area contributed by atoms with Crippen LogP contribution in [0, 0.1) is 11.3 Å². The number of unbranched alkanes of at least 4 members (excludes halogenated alkanes) is 2. The van der Waals surface area contributed by atoms with Crippen LogP contribution in [0.3, 0.4) is 0 Å². The lowest BCUT2D eigenvalue weighted by atomic mass is 10.1. The Bertz CT molecular complexity index is 393. The normalized spacial score (nSPS) is 9.50. The molecule has 3 nitrogen and oxygen atoms in total. The van der Waals surface area contributed by atoms with Crippen LogP contribution in [-0.2, 0) is 0 Å². The van der Waals surface area contributed by atoms with Crippen molar-refractivity contribution in [3.8, 4) is 11.8 Å². The molecule has 0 amide bonds. The number of ketones is 1. The Morgan fingerprint density at radius 1 is 1.38 bits per heavy atom. The van der Waals surface area contributed by atoms with Crippen molar-refractivity contribution in [1.29, 1.82) is 5.26 Å². The van der Waals surface area contributed by atoms with Crippen LogP contribution in [0.15, 0.2) is 24.3 Å². The number of Topliss-reactive ketones (excluding diaryl/α,β-unsaturated/α-hetero) is 1. The molecule has 0 aliphatic rings. The van der Waals surface area contributed by atoms with E-state index in [2.05, 4.69) is 6.92 Å². The van der Waals surface area contributed by atoms with Gasteiger partial charge >= 0.3 is 0 Å². The zero-order valence-corrected chi connectivity index (χ0v) is 9.40. The topological polar surface area (TPSA) is 50.1 Å². The lowest BCUT2D eigenvalue weighted by Gasteiger charge is -2.08. The van der Waals surface area contributed by atoms with Crippen LogP contribution >= 0.6 is 0 Å². The lowest BCUT2D eigenvalue weighted by Crippen LogP contribution is -2.03. The van der Waals surface area contributed by atoms with Crippen molar-refractivity contribution in [2.75, 3.05) is 6.61 Å². The zero-order valence-electron chi connectivity index (χ0n) is 9.40. The second-order valence-corrected chi connectivity index (χ2v) is 3.49. The molecule has 0 saturated carbocycles. The van der Waals surface area contributed by atoms with Crippen LogP contribution in [-0.4, -0.2) is 12.4 Å². The maximum Gasteiger partial charge on any atom is 0.265 e. The zero-order chi connectivity index (χ0) is 11.8. The fourth-order valence-corrected chi connectivity index (χ4v) is 1.37. The van der Waals surface area contributed by atoms with Crippen molar-refractivity contribution in [2.24, 2.45) is 0 Å². The number of rotatable bonds is 6. The van der Waals surface area contributed by atoms with Gasteiger partial charge in [-0.25, -0.2) is 0 Å². The van der Waals surface area contributed by atoms with Crippen molar-refractivity contribution in [1.82, 2.24) is 0 Å². The summed E-state index contributed by atoms with van der Waals surface area (Å²) < 4.78 is 5.49. The molecule has 0 unspecified atom stereocenters. The van der Waals surface area contributed by atoms with Crippen LogP contribution in [0.25, 0.3) is 0 Å². The number of ether oxygens (including phenoxy) is 1. The summed E-state index contributed by atoms with van der Waals surface area (Å²) in [4.78, 5) is 11.3. The van der Waals surface area contributed by atoms with E-state index in [4.69, 9.17) is 10.00 Å². The first kappa shape index (κ1) is 12.3. The highest BCUT2D eigenvalue weighted by molar-refractivity contribution is 6.09. The third-order valence-corrected chi connectivity index (χ3v) is 2.24. The minimum atomic E-state index is -0.550. The SMILES string of the molecule is CCCCCOc1ccccc1C(=O)C#N. The summed E-state index contributed by atoms with van der Waals surface area (Å²) in [6, 6.07) is 8.46. The number of hydrogen-bond acceptors (Lipinski definition) is 3. The van der Waals surface area contributed by atoms with Crippen LogP contribution in [0.5, 0.6) is 5.75 Å². The van der Waals surface area contributed by atoms with Gasteiger partial charge in [-0.3, -0.25) is 4.79 Å². The smallest absolute Gasteiger partial charge is 0.265 e. The number of carbonyl (C=O) groups excluding carboxylic acids is 1. The van der Waals surface area contributed by atoms with Crippen molar-refractivity contribution in [3.05, 3.63) is 29.8 Å². The van der Waals surface area contributed by atoms with E-state index >= 15 is 0 Å². The maximum absolute atomic E-state index is 11.3. The molecular formula is C13H15NO2. The Morgan fingerprint density at radius 2 is 2.12 bits per heavy atom. The lowest BCUT2D eigenvalue weighted by molar-refractivity contribution is 0.105. The molecule has 0 aliphatic carbocycles. The quantitative estimate of drug-likeness (QED) is 0.418. The molecule has 3 heteroatoms. The number of benzene rings is 1. The van der Waals surface area contributed by atoms with Crippen molar-refractivity contribution in [2.45, 2.75) is 26.2 Å². The molecule has 16 heavy (non-hydrogen) atoms. The summed E-state index contributed by atoms with van der Waals surface area (Å²) >= 11 is 0. The van der Waals surface area contributed by atoms with Crippen LogP contribution < -0.4 is 4.74 Å². The fraction of sp³-hybridized carbons (Fsp3) is 0.385.